The van der Waals surface area contributed by atoms with Gasteiger partial charge in [0, 0.05) is 20.5 Å². The van der Waals surface area contributed by atoms with Gasteiger partial charge < -0.3 is 5.32 Å². The Bertz CT molecular complexity index is 764. The van der Waals surface area contributed by atoms with Crippen molar-refractivity contribution >= 4 is 37.6 Å². The van der Waals surface area contributed by atoms with Gasteiger partial charge in [-0.05, 0) is 37.8 Å². The Morgan fingerprint density at radius 1 is 1.40 bits per heavy atom. The van der Waals surface area contributed by atoms with Crippen LogP contribution < -0.4 is 5.32 Å². The highest BCUT2D eigenvalue weighted by atomic mass is 32.1. The second-order valence-electron chi connectivity index (χ2n) is 5.75. The first-order chi connectivity index (χ1) is 9.56. The van der Waals surface area contributed by atoms with Crippen molar-refractivity contribution in [3.63, 3.8) is 0 Å². The van der Waals surface area contributed by atoms with Gasteiger partial charge in [0.05, 0.1) is 10.2 Å². The molecular formula is C15H24N4S. The molecule has 0 saturated heterocycles. The summed E-state index contributed by atoms with van der Waals surface area (Å²) < 4.78 is 1.19. The number of pyridine rings is 1. The fourth-order valence-electron chi connectivity index (χ4n) is 2.48. The quantitative estimate of drug-likeness (QED) is 0.730. The molecule has 3 aromatic rings. The monoisotopic (exact) mass is 292 g/mol. The molecule has 0 aliphatic heterocycles. The van der Waals surface area contributed by atoms with Crippen LogP contribution in [0.5, 0.6) is 0 Å². The maximum atomic E-state index is 4.64. The SMILES string of the molecule is Cc1cc(C)c2c(n1)sc1c(NCCC(C)C)n[nH]c12.[HH].[HH]. The highest BCUT2D eigenvalue weighted by molar-refractivity contribution is 7.26. The van der Waals surface area contributed by atoms with Crippen molar-refractivity contribution in [2.75, 3.05) is 11.9 Å². The van der Waals surface area contributed by atoms with E-state index in [0.29, 0.717) is 5.92 Å². The van der Waals surface area contributed by atoms with Crippen molar-refractivity contribution in [2.24, 2.45) is 5.92 Å². The van der Waals surface area contributed by atoms with Crippen LogP contribution >= 0.6 is 11.3 Å². The zero-order valence-electron chi connectivity index (χ0n) is 12.4. The van der Waals surface area contributed by atoms with Crippen LogP contribution in [0, 0.1) is 19.8 Å². The summed E-state index contributed by atoms with van der Waals surface area (Å²) in [4.78, 5) is 5.73. The summed E-state index contributed by atoms with van der Waals surface area (Å²) in [6.45, 7) is 9.60. The number of anilines is 1. The summed E-state index contributed by atoms with van der Waals surface area (Å²) in [5.74, 6) is 1.66. The number of hydrogen-bond donors (Lipinski definition) is 2. The number of aromatic amines is 1. The Morgan fingerprint density at radius 2 is 2.20 bits per heavy atom. The minimum Gasteiger partial charge on any atom is -0.367 e. The molecule has 4 nitrogen and oxygen atoms in total. The summed E-state index contributed by atoms with van der Waals surface area (Å²) in [6, 6.07) is 2.13. The molecule has 0 aliphatic rings. The van der Waals surface area contributed by atoms with Crippen molar-refractivity contribution in [3.05, 3.63) is 17.3 Å². The van der Waals surface area contributed by atoms with Crippen LogP contribution in [-0.2, 0) is 0 Å². The average Bonchev–Trinajstić information content (AvgIpc) is 2.87. The lowest BCUT2D eigenvalue weighted by atomic mass is 10.1. The summed E-state index contributed by atoms with van der Waals surface area (Å²) >= 11 is 1.71. The molecule has 3 aromatic heterocycles. The molecule has 0 aromatic carbocycles. The Hall–Kier alpha value is -1.62. The number of H-pyrrole nitrogens is 1. The fraction of sp³-hybridized carbons (Fsp3) is 0.467. The molecule has 3 heterocycles. The van der Waals surface area contributed by atoms with Gasteiger partial charge in [-0.2, -0.15) is 5.10 Å². The van der Waals surface area contributed by atoms with E-state index in [-0.39, 0.29) is 2.85 Å². The van der Waals surface area contributed by atoms with E-state index < -0.39 is 0 Å². The summed E-state index contributed by atoms with van der Waals surface area (Å²) in [7, 11) is 0. The van der Waals surface area contributed by atoms with Gasteiger partial charge in [0.1, 0.15) is 4.83 Å². The maximum Gasteiger partial charge on any atom is 0.165 e. The molecule has 0 aliphatic carbocycles. The van der Waals surface area contributed by atoms with Gasteiger partial charge in [0.2, 0.25) is 0 Å². The molecule has 0 bridgehead atoms. The predicted molar refractivity (Wildman–Crippen MR) is 90.9 cm³/mol. The zero-order chi connectivity index (χ0) is 14.3. The van der Waals surface area contributed by atoms with Gasteiger partial charge in [-0.3, -0.25) is 5.10 Å². The number of nitrogens with zero attached hydrogens (tertiary/aromatic N) is 2. The number of thiophene rings is 1. The number of fused-ring (bicyclic) bond motifs is 3. The molecule has 0 amide bonds. The molecule has 2 N–H and O–H groups in total. The van der Waals surface area contributed by atoms with Crippen molar-refractivity contribution in [1.82, 2.24) is 15.2 Å². The molecule has 3 rings (SSSR count). The lowest BCUT2D eigenvalue weighted by Gasteiger charge is -2.04. The zero-order valence-corrected chi connectivity index (χ0v) is 13.2. The second-order valence-corrected chi connectivity index (χ2v) is 6.75. The molecule has 0 fully saturated rings. The summed E-state index contributed by atoms with van der Waals surface area (Å²) in [6.07, 6.45) is 1.15. The van der Waals surface area contributed by atoms with Gasteiger partial charge >= 0.3 is 0 Å². The van der Waals surface area contributed by atoms with Crippen LogP contribution in [0.1, 0.15) is 34.4 Å². The molecule has 0 radical (unpaired) electrons. The Kier molecular flexibility index (Phi) is 3.38. The third-order valence-electron chi connectivity index (χ3n) is 3.50. The number of hydrogen-bond acceptors (Lipinski definition) is 4. The van der Waals surface area contributed by atoms with Gasteiger partial charge in [-0.1, -0.05) is 13.8 Å². The third-order valence-corrected chi connectivity index (χ3v) is 4.59. The van der Waals surface area contributed by atoms with Crippen LogP contribution in [0.15, 0.2) is 6.07 Å². The first-order valence-corrected chi connectivity index (χ1v) is 7.86. The Balaban J connectivity index is 0.00000121. The normalized spacial score (nSPS) is 11.8. The number of aryl methyl sites for hydroxylation is 2. The second kappa shape index (κ2) is 5.05. The lowest BCUT2D eigenvalue weighted by molar-refractivity contribution is 0.607. The van der Waals surface area contributed by atoms with Gasteiger partial charge in [0.25, 0.3) is 0 Å². The highest BCUT2D eigenvalue weighted by Gasteiger charge is 2.15. The number of nitrogens with one attached hydrogen (secondary N) is 2. The lowest BCUT2D eigenvalue weighted by Crippen LogP contribution is -2.04. The van der Waals surface area contributed by atoms with Crippen LogP contribution in [0.25, 0.3) is 20.4 Å². The van der Waals surface area contributed by atoms with E-state index in [1.54, 1.807) is 11.3 Å². The largest absolute Gasteiger partial charge is 0.367 e. The molecule has 0 saturated carbocycles. The standard InChI is InChI=1S/C15H20N4S.2H2/c1-8(2)5-6-16-14-13-12(18-19-14)11-9(3)7-10(4)17-15(11)20-13;;/h7-8H,5-6H2,1-4H3,(H2,16,18,19);2*1H. The Morgan fingerprint density at radius 3 is 2.95 bits per heavy atom. The van der Waals surface area contributed by atoms with E-state index in [0.717, 1.165) is 34.8 Å². The van der Waals surface area contributed by atoms with E-state index in [1.165, 1.54) is 15.6 Å². The van der Waals surface area contributed by atoms with Crippen LogP contribution in [-0.4, -0.2) is 21.7 Å². The minimum absolute atomic E-state index is 0. The molecule has 110 valence electrons. The number of rotatable bonds is 4. The first-order valence-electron chi connectivity index (χ1n) is 7.05. The molecule has 20 heavy (non-hydrogen) atoms. The van der Waals surface area contributed by atoms with E-state index in [2.05, 4.69) is 47.3 Å². The van der Waals surface area contributed by atoms with Gasteiger partial charge in [-0.25, -0.2) is 4.98 Å². The van der Waals surface area contributed by atoms with Crippen molar-refractivity contribution in [3.8, 4) is 0 Å². The summed E-state index contributed by atoms with van der Waals surface area (Å²) in [5, 5.41) is 12.2. The fourth-order valence-corrected chi connectivity index (χ4v) is 3.69. The van der Waals surface area contributed by atoms with Crippen molar-refractivity contribution in [2.45, 2.75) is 34.1 Å². The average molecular weight is 292 g/mol. The summed E-state index contributed by atoms with van der Waals surface area (Å²) in [5.41, 5.74) is 3.44. The third kappa shape index (κ3) is 2.26. The van der Waals surface area contributed by atoms with Crippen LogP contribution in [0.3, 0.4) is 0 Å². The molecule has 5 heteroatoms. The predicted octanol–water partition coefficient (Wildman–Crippen LogP) is 4.74. The Labute approximate surface area is 125 Å². The van der Waals surface area contributed by atoms with Gasteiger partial charge in [-0.15, -0.1) is 11.3 Å². The van der Waals surface area contributed by atoms with Crippen molar-refractivity contribution < 1.29 is 2.85 Å². The van der Waals surface area contributed by atoms with E-state index >= 15 is 0 Å². The molecule has 0 atom stereocenters. The van der Waals surface area contributed by atoms with E-state index in [4.69, 9.17) is 0 Å². The van der Waals surface area contributed by atoms with Gasteiger partial charge in [0.15, 0.2) is 5.82 Å². The van der Waals surface area contributed by atoms with Crippen LogP contribution in [0.2, 0.25) is 0 Å². The first kappa shape index (κ1) is 13.4. The van der Waals surface area contributed by atoms with E-state index in [9.17, 15) is 0 Å². The number of aromatic nitrogens is 3. The van der Waals surface area contributed by atoms with Crippen molar-refractivity contribution in [1.29, 1.82) is 0 Å². The van der Waals surface area contributed by atoms with Crippen LogP contribution in [0.4, 0.5) is 5.82 Å². The maximum absolute atomic E-state index is 4.64. The molecule has 0 spiro atoms. The molecular weight excluding hydrogens is 268 g/mol. The minimum atomic E-state index is 0. The van der Waals surface area contributed by atoms with E-state index in [1.807, 2.05) is 6.92 Å². The topological polar surface area (TPSA) is 53.6 Å². The highest BCUT2D eigenvalue weighted by Crippen LogP contribution is 2.37. The molecule has 0 unspecified atom stereocenters. The smallest absolute Gasteiger partial charge is 0.165 e.